The standard InChI is InChI=1S/C20H27N7O.HI/c1-21-20(23-14-19-25-24-18-7-5-6-12-27(18)19)22-13-17(26(2)3)15-8-10-16(28-4)11-9-15;/h5-12,17H,13-14H2,1-4H3,(H2,21,22,23);1H. The highest BCUT2D eigenvalue weighted by molar-refractivity contribution is 14.0. The Morgan fingerprint density at radius 1 is 1.14 bits per heavy atom. The topological polar surface area (TPSA) is 79.1 Å². The maximum Gasteiger partial charge on any atom is 0.191 e. The lowest BCUT2D eigenvalue weighted by atomic mass is 10.1. The van der Waals surface area contributed by atoms with Crippen LogP contribution < -0.4 is 15.4 Å². The van der Waals surface area contributed by atoms with Crippen LogP contribution in [0.15, 0.2) is 53.7 Å². The average Bonchev–Trinajstić information content (AvgIpc) is 3.14. The van der Waals surface area contributed by atoms with E-state index in [1.165, 1.54) is 5.56 Å². The van der Waals surface area contributed by atoms with Crippen molar-refractivity contribution in [2.45, 2.75) is 12.6 Å². The molecule has 3 rings (SSSR count). The summed E-state index contributed by atoms with van der Waals surface area (Å²) < 4.78 is 7.21. The number of fused-ring (bicyclic) bond motifs is 1. The lowest BCUT2D eigenvalue weighted by Gasteiger charge is -2.26. The first kappa shape index (κ1) is 22.9. The van der Waals surface area contributed by atoms with Crippen molar-refractivity contribution in [1.29, 1.82) is 0 Å². The summed E-state index contributed by atoms with van der Waals surface area (Å²) in [4.78, 5) is 6.49. The summed E-state index contributed by atoms with van der Waals surface area (Å²) in [5.74, 6) is 2.40. The summed E-state index contributed by atoms with van der Waals surface area (Å²) in [6, 6.07) is 14.2. The molecule has 0 aliphatic rings. The molecule has 0 saturated heterocycles. The maximum absolute atomic E-state index is 5.25. The first-order chi connectivity index (χ1) is 13.6. The van der Waals surface area contributed by atoms with Gasteiger partial charge in [-0.2, -0.15) is 0 Å². The summed E-state index contributed by atoms with van der Waals surface area (Å²) in [6.07, 6.45) is 1.95. The largest absolute Gasteiger partial charge is 0.497 e. The molecule has 0 spiro atoms. The van der Waals surface area contributed by atoms with E-state index >= 15 is 0 Å². The zero-order valence-corrected chi connectivity index (χ0v) is 19.5. The number of likely N-dealkylation sites (N-methyl/N-ethyl adjacent to an activating group) is 1. The maximum atomic E-state index is 5.25. The number of ether oxygens (including phenoxy) is 1. The van der Waals surface area contributed by atoms with Crippen molar-refractivity contribution in [2.24, 2.45) is 4.99 Å². The smallest absolute Gasteiger partial charge is 0.191 e. The van der Waals surface area contributed by atoms with Gasteiger partial charge in [-0.15, -0.1) is 34.2 Å². The van der Waals surface area contributed by atoms with Crippen molar-refractivity contribution < 1.29 is 4.74 Å². The van der Waals surface area contributed by atoms with Gasteiger partial charge in [-0.1, -0.05) is 18.2 Å². The second-order valence-electron chi connectivity index (χ2n) is 6.60. The van der Waals surface area contributed by atoms with Gasteiger partial charge < -0.3 is 20.3 Å². The molecule has 0 aliphatic carbocycles. The molecule has 8 nitrogen and oxygen atoms in total. The molecule has 2 N–H and O–H groups in total. The zero-order valence-electron chi connectivity index (χ0n) is 17.2. The van der Waals surface area contributed by atoms with Crippen LogP contribution in [-0.4, -0.2) is 60.3 Å². The molecule has 0 amide bonds. The van der Waals surface area contributed by atoms with E-state index in [2.05, 4.69) is 57.0 Å². The highest BCUT2D eigenvalue weighted by Gasteiger charge is 2.15. The number of aromatic nitrogens is 3. The van der Waals surface area contributed by atoms with E-state index < -0.39 is 0 Å². The number of guanidine groups is 1. The fourth-order valence-corrected chi connectivity index (χ4v) is 3.01. The molecule has 2 heterocycles. The van der Waals surface area contributed by atoms with E-state index in [0.29, 0.717) is 19.0 Å². The van der Waals surface area contributed by atoms with Crippen LogP contribution in [0.4, 0.5) is 0 Å². The highest BCUT2D eigenvalue weighted by Crippen LogP contribution is 2.20. The van der Waals surface area contributed by atoms with Crippen molar-refractivity contribution in [1.82, 2.24) is 30.1 Å². The van der Waals surface area contributed by atoms with Gasteiger partial charge >= 0.3 is 0 Å². The van der Waals surface area contributed by atoms with E-state index in [1.807, 2.05) is 40.9 Å². The van der Waals surface area contributed by atoms with E-state index in [0.717, 1.165) is 17.2 Å². The number of benzene rings is 1. The molecule has 2 aromatic heterocycles. The minimum atomic E-state index is 0. The van der Waals surface area contributed by atoms with Crippen LogP contribution in [0.2, 0.25) is 0 Å². The Kier molecular flexibility index (Phi) is 8.65. The minimum Gasteiger partial charge on any atom is -0.497 e. The molecule has 1 aromatic carbocycles. The molecule has 1 atom stereocenters. The van der Waals surface area contributed by atoms with Crippen LogP contribution in [0.1, 0.15) is 17.4 Å². The lowest BCUT2D eigenvalue weighted by molar-refractivity contribution is 0.298. The first-order valence-electron chi connectivity index (χ1n) is 9.16. The number of pyridine rings is 1. The number of hydrogen-bond acceptors (Lipinski definition) is 5. The van der Waals surface area contributed by atoms with Gasteiger partial charge in [0.2, 0.25) is 0 Å². The SMILES string of the molecule is CN=C(NCc1nnc2ccccn12)NCC(c1ccc(OC)cc1)N(C)C.I. The number of methoxy groups -OCH3 is 1. The Morgan fingerprint density at radius 2 is 1.90 bits per heavy atom. The van der Waals surface area contributed by atoms with Crippen molar-refractivity contribution in [3.63, 3.8) is 0 Å². The monoisotopic (exact) mass is 509 g/mol. The third-order valence-corrected chi connectivity index (χ3v) is 4.61. The number of nitrogens with one attached hydrogen (secondary N) is 2. The van der Waals surface area contributed by atoms with E-state index in [9.17, 15) is 0 Å². The van der Waals surface area contributed by atoms with Crippen LogP contribution in [0.3, 0.4) is 0 Å². The number of rotatable bonds is 7. The molecule has 1 unspecified atom stereocenters. The first-order valence-corrected chi connectivity index (χ1v) is 9.16. The predicted octanol–water partition coefficient (Wildman–Crippen LogP) is 2.32. The summed E-state index contributed by atoms with van der Waals surface area (Å²) in [5, 5.41) is 15.1. The number of aliphatic imine (C=N–C) groups is 1. The molecule has 9 heteroatoms. The molecule has 3 aromatic rings. The third kappa shape index (κ3) is 5.80. The Bertz CT molecular complexity index is 924. The lowest BCUT2D eigenvalue weighted by Crippen LogP contribution is -2.41. The van der Waals surface area contributed by atoms with Crippen molar-refractivity contribution >= 4 is 35.6 Å². The van der Waals surface area contributed by atoms with Gasteiger partial charge in [0.15, 0.2) is 17.4 Å². The van der Waals surface area contributed by atoms with Gasteiger partial charge in [-0.25, -0.2) is 0 Å². The predicted molar refractivity (Wildman–Crippen MR) is 126 cm³/mol. The van der Waals surface area contributed by atoms with Crippen LogP contribution in [0.25, 0.3) is 5.65 Å². The second-order valence-corrected chi connectivity index (χ2v) is 6.60. The van der Waals surface area contributed by atoms with Gasteiger partial charge in [0.1, 0.15) is 5.75 Å². The average molecular weight is 509 g/mol. The van der Waals surface area contributed by atoms with E-state index in [1.54, 1.807) is 14.2 Å². The highest BCUT2D eigenvalue weighted by atomic mass is 127. The van der Waals surface area contributed by atoms with E-state index in [-0.39, 0.29) is 30.0 Å². The van der Waals surface area contributed by atoms with Gasteiger partial charge in [-0.3, -0.25) is 9.39 Å². The van der Waals surface area contributed by atoms with Crippen molar-refractivity contribution in [2.75, 3.05) is 34.8 Å². The molecular formula is C20H28IN7O. The van der Waals surface area contributed by atoms with Crippen molar-refractivity contribution in [3.8, 4) is 5.75 Å². The molecule has 0 saturated carbocycles. The molecule has 156 valence electrons. The molecule has 0 aliphatic heterocycles. The summed E-state index contributed by atoms with van der Waals surface area (Å²) in [7, 11) is 7.56. The number of hydrogen-bond donors (Lipinski definition) is 2. The van der Waals surface area contributed by atoms with Crippen LogP contribution in [0, 0.1) is 0 Å². The summed E-state index contributed by atoms with van der Waals surface area (Å²) in [5.41, 5.74) is 2.03. The number of halogens is 1. The Morgan fingerprint density at radius 3 is 2.55 bits per heavy atom. The fourth-order valence-electron chi connectivity index (χ4n) is 3.01. The van der Waals surface area contributed by atoms with Gasteiger partial charge in [-0.05, 0) is 43.9 Å². The van der Waals surface area contributed by atoms with Crippen molar-refractivity contribution in [3.05, 3.63) is 60.0 Å². The molecule has 0 fully saturated rings. The van der Waals surface area contributed by atoms with Crippen LogP contribution >= 0.6 is 24.0 Å². The van der Waals surface area contributed by atoms with Gasteiger partial charge in [0, 0.05) is 19.8 Å². The van der Waals surface area contributed by atoms with Crippen LogP contribution in [-0.2, 0) is 6.54 Å². The zero-order chi connectivity index (χ0) is 19.9. The van der Waals surface area contributed by atoms with Gasteiger partial charge in [0.05, 0.1) is 19.7 Å². The Labute approximate surface area is 188 Å². The quantitative estimate of drug-likeness (QED) is 0.289. The molecule has 0 bridgehead atoms. The minimum absolute atomic E-state index is 0. The third-order valence-electron chi connectivity index (χ3n) is 4.61. The molecule has 0 radical (unpaired) electrons. The summed E-state index contributed by atoms with van der Waals surface area (Å²) >= 11 is 0. The molecule has 29 heavy (non-hydrogen) atoms. The fraction of sp³-hybridized carbons (Fsp3) is 0.350. The Hall–Kier alpha value is -2.40. The van der Waals surface area contributed by atoms with Gasteiger partial charge in [0.25, 0.3) is 0 Å². The molecular weight excluding hydrogens is 481 g/mol. The second kappa shape index (κ2) is 11.0. The Balaban J connectivity index is 0.00000300. The number of nitrogens with zero attached hydrogens (tertiary/aromatic N) is 5. The normalized spacial score (nSPS) is 12.5. The summed E-state index contributed by atoms with van der Waals surface area (Å²) in [6.45, 7) is 1.24. The van der Waals surface area contributed by atoms with E-state index in [4.69, 9.17) is 4.74 Å². The van der Waals surface area contributed by atoms with Crippen LogP contribution in [0.5, 0.6) is 5.75 Å².